The predicted molar refractivity (Wildman–Crippen MR) is 78.5 cm³/mol. The number of anilines is 3. The van der Waals surface area contributed by atoms with E-state index in [0.717, 1.165) is 22.9 Å². The highest BCUT2D eigenvalue weighted by atomic mass is 16.5. The molecule has 2 N–H and O–H groups in total. The second kappa shape index (κ2) is 5.52. The van der Waals surface area contributed by atoms with Crippen LogP contribution in [0.1, 0.15) is 0 Å². The Hall–Kier alpha value is -2.36. The SMILES string of the molecule is COc1ccc(N(C)c2cc(OC)ccc2N)cc1. The molecule has 2 rings (SSSR count). The van der Waals surface area contributed by atoms with Crippen molar-refractivity contribution in [2.75, 3.05) is 31.9 Å². The normalized spacial score (nSPS) is 10.1. The fourth-order valence-electron chi connectivity index (χ4n) is 1.89. The highest BCUT2D eigenvalue weighted by Gasteiger charge is 2.09. The molecule has 0 bridgehead atoms. The van der Waals surface area contributed by atoms with Crippen molar-refractivity contribution in [2.45, 2.75) is 0 Å². The third kappa shape index (κ3) is 2.73. The first kappa shape index (κ1) is 13.1. The first-order chi connectivity index (χ1) is 9.15. The monoisotopic (exact) mass is 258 g/mol. The molecule has 19 heavy (non-hydrogen) atoms. The summed E-state index contributed by atoms with van der Waals surface area (Å²) in [6.45, 7) is 0. The molecule has 4 nitrogen and oxygen atoms in total. The van der Waals surface area contributed by atoms with E-state index in [1.54, 1.807) is 14.2 Å². The van der Waals surface area contributed by atoms with Crippen molar-refractivity contribution in [3.8, 4) is 11.5 Å². The molecule has 0 unspecified atom stereocenters. The van der Waals surface area contributed by atoms with E-state index in [0.29, 0.717) is 5.69 Å². The van der Waals surface area contributed by atoms with Gasteiger partial charge >= 0.3 is 0 Å². The maximum Gasteiger partial charge on any atom is 0.121 e. The number of nitrogen functional groups attached to an aromatic ring is 1. The van der Waals surface area contributed by atoms with E-state index in [-0.39, 0.29) is 0 Å². The van der Waals surface area contributed by atoms with E-state index in [1.807, 2.05) is 54.4 Å². The summed E-state index contributed by atoms with van der Waals surface area (Å²) in [5.74, 6) is 1.61. The van der Waals surface area contributed by atoms with Gasteiger partial charge in [-0.25, -0.2) is 0 Å². The zero-order valence-corrected chi connectivity index (χ0v) is 11.4. The van der Waals surface area contributed by atoms with Gasteiger partial charge in [-0.1, -0.05) is 0 Å². The molecular weight excluding hydrogens is 240 g/mol. The van der Waals surface area contributed by atoms with Gasteiger partial charge in [-0.3, -0.25) is 0 Å². The van der Waals surface area contributed by atoms with Crippen LogP contribution in [0.2, 0.25) is 0 Å². The maximum atomic E-state index is 6.02. The number of nitrogens with zero attached hydrogens (tertiary/aromatic N) is 1. The lowest BCUT2D eigenvalue weighted by Gasteiger charge is -2.22. The van der Waals surface area contributed by atoms with E-state index in [2.05, 4.69) is 0 Å². The molecule has 0 atom stereocenters. The summed E-state index contributed by atoms with van der Waals surface area (Å²) < 4.78 is 10.4. The van der Waals surface area contributed by atoms with E-state index in [9.17, 15) is 0 Å². The van der Waals surface area contributed by atoms with Crippen LogP contribution in [0.15, 0.2) is 42.5 Å². The summed E-state index contributed by atoms with van der Waals surface area (Å²) in [4.78, 5) is 2.01. The number of methoxy groups -OCH3 is 2. The quantitative estimate of drug-likeness (QED) is 0.856. The Labute approximate surface area is 113 Å². The molecule has 0 radical (unpaired) electrons. The Morgan fingerprint density at radius 3 is 2.05 bits per heavy atom. The smallest absolute Gasteiger partial charge is 0.121 e. The van der Waals surface area contributed by atoms with Crippen LogP contribution in [0.4, 0.5) is 17.1 Å². The summed E-state index contributed by atoms with van der Waals surface area (Å²) in [6.07, 6.45) is 0. The maximum absolute atomic E-state index is 6.02. The van der Waals surface area contributed by atoms with E-state index in [1.165, 1.54) is 0 Å². The molecule has 0 aliphatic rings. The summed E-state index contributed by atoms with van der Waals surface area (Å²) >= 11 is 0. The molecule has 0 aliphatic carbocycles. The molecule has 0 saturated carbocycles. The van der Waals surface area contributed by atoms with Gasteiger partial charge in [0, 0.05) is 18.8 Å². The minimum absolute atomic E-state index is 0.708. The van der Waals surface area contributed by atoms with Crippen molar-refractivity contribution < 1.29 is 9.47 Å². The molecule has 0 spiro atoms. The van der Waals surface area contributed by atoms with Crippen LogP contribution in [-0.2, 0) is 0 Å². The van der Waals surface area contributed by atoms with Crippen LogP contribution in [0, 0.1) is 0 Å². The molecule has 0 fully saturated rings. The van der Waals surface area contributed by atoms with Crippen LogP contribution in [-0.4, -0.2) is 21.3 Å². The molecule has 0 saturated heterocycles. The molecule has 0 amide bonds. The molecule has 0 aliphatic heterocycles. The number of benzene rings is 2. The van der Waals surface area contributed by atoms with Crippen LogP contribution in [0.25, 0.3) is 0 Å². The lowest BCUT2D eigenvalue weighted by atomic mass is 10.2. The van der Waals surface area contributed by atoms with E-state index < -0.39 is 0 Å². The molecule has 0 aromatic heterocycles. The minimum Gasteiger partial charge on any atom is -0.497 e. The number of hydrogen-bond acceptors (Lipinski definition) is 4. The van der Waals surface area contributed by atoms with Gasteiger partial charge in [0.1, 0.15) is 11.5 Å². The van der Waals surface area contributed by atoms with Crippen molar-refractivity contribution in [1.29, 1.82) is 0 Å². The van der Waals surface area contributed by atoms with Gasteiger partial charge in [-0.15, -0.1) is 0 Å². The van der Waals surface area contributed by atoms with Gasteiger partial charge in [0.2, 0.25) is 0 Å². The third-order valence-electron chi connectivity index (χ3n) is 3.06. The van der Waals surface area contributed by atoms with Crippen LogP contribution in [0.3, 0.4) is 0 Å². The lowest BCUT2D eigenvalue weighted by molar-refractivity contribution is 0.414. The van der Waals surface area contributed by atoms with Crippen LogP contribution in [0.5, 0.6) is 11.5 Å². The Balaban J connectivity index is 2.34. The van der Waals surface area contributed by atoms with E-state index in [4.69, 9.17) is 15.2 Å². The van der Waals surface area contributed by atoms with Crippen molar-refractivity contribution in [1.82, 2.24) is 0 Å². The Kier molecular flexibility index (Phi) is 3.80. The second-order valence-corrected chi connectivity index (χ2v) is 4.18. The van der Waals surface area contributed by atoms with Crippen molar-refractivity contribution >= 4 is 17.1 Å². The standard InChI is InChI=1S/C15H18N2O2/c1-17(11-4-6-12(18-2)7-5-11)15-10-13(19-3)8-9-14(15)16/h4-10H,16H2,1-3H3. The zero-order valence-electron chi connectivity index (χ0n) is 11.4. The molecule has 2 aromatic rings. The highest BCUT2D eigenvalue weighted by Crippen LogP contribution is 2.32. The molecule has 2 aromatic carbocycles. The van der Waals surface area contributed by atoms with Crippen molar-refractivity contribution in [3.05, 3.63) is 42.5 Å². The summed E-state index contributed by atoms with van der Waals surface area (Å²) in [5.41, 5.74) is 8.66. The van der Waals surface area contributed by atoms with Crippen LogP contribution < -0.4 is 20.1 Å². The molecule has 100 valence electrons. The van der Waals surface area contributed by atoms with E-state index >= 15 is 0 Å². The van der Waals surface area contributed by atoms with Crippen molar-refractivity contribution in [2.24, 2.45) is 0 Å². The number of nitrogens with two attached hydrogens (primary N) is 1. The lowest BCUT2D eigenvalue weighted by Crippen LogP contribution is -2.11. The molecular formula is C15H18N2O2. The van der Waals surface area contributed by atoms with Gasteiger partial charge in [-0.2, -0.15) is 0 Å². The summed E-state index contributed by atoms with van der Waals surface area (Å²) in [7, 11) is 5.26. The Morgan fingerprint density at radius 2 is 1.47 bits per heavy atom. The fourth-order valence-corrected chi connectivity index (χ4v) is 1.89. The van der Waals surface area contributed by atoms with Gasteiger partial charge in [0.25, 0.3) is 0 Å². The Morgan fingerprint density at radius 1 is 0.895 bits per heavy atom. The zero-order chi connectivity index (χ0) is 13.8. The van der Waals surface area contributed by atoms with Gasteiger partial charge in [0.15, 0.2) is 0 Å². The van der Waals surface area contributed by atoms with Crippen molar-refractivity contribution in [3.63, 3.8) is 0 Å². The highest BCUT2D eigenvalue weighted by molar-refractivity contribution is 5.75. The predicted octanol–water partition coefficient (Wildman–Crippen LogP) is 3.05. The van der Waals surface area contributed by atoms with Gasteiger partial charge in [0.05, 0.1) is 25.6 Å². The van der Waals surface area contributed by atoms with Gasteiger partial charge < -0.3 is 20.1 Å². The number of ether oxygens (including phenoxy) is 2. The first-order valence-corrected chi connectivity index (χ1v) is 5.97. The first-order valence-electron chi connectivity index (χ1n) is 5.97. The summed E-state index contributed by atoms with van der Waals surface area (Å²) in [5, 5.41) is 0. The number of rotatable bonds is 4. The average Bonchev–Trinajstić information content (AvgIpc) is 2.47. The van der Waals surface area contributed by atoms with Gasteiger partial charge in [-0.05, 0) is 36.4 Å². The minimum atomic E-state index is 0.708. The number of hydrogen-bond donors (Lipinski definition) is 1. The second-order valence-electron chi connectivity index (χ2n) is 4.18. The largest absolute Gasteiger partial charge is 0.497 e. The van der Waals surface area contributed by atoms with Crippen LogP contribution >= 0.6 is 0 Å². The fraction of sp³-hybridized carbons (Fsp3) is 0.200. The topological polar surface area (TPSA) is 47.7 Å². The molecule has 4 heteroatoms. The average molecular weight is 258 g/mol. The third-order valence-corrected chi connectivity index (χ3v) is 3.06. The summed E-state index contributed by atoms with van der Waals surface area (Å²) in [6, 6.07) is 13.4. The Bertz CT molecular complexity index is 553. The molecule has 0 heterocycles.